The van der Waals surface area contributed by atoms with Crippen molar-refractivity contribution >= 4 is 17.3 Å². The Bertz CT molecular complexity index is 572. The zero-order chi connectivity index (χ0) is 13.1. The van der Waals surface area contributed by atoms with Gasteiger partial charge >= 0.3 is 0 Å². The SMILES string of the molecule is C=C(c1cc(Cl)ccc1C)n1ccc(COC)c1. The van der Waals surface area contributed by atoms with Crippen molar-refractivity contribution in [1.29, 1.82) is 0 Å². The molecule has 0 aliphatic heterocycles. The first-order valence-electron chi connectivity index (χ1n) is 5.73. The van der Waals surface area contributed by atoms with Crippen LogP contribution >= 0.6 is 11.6 Å². The lowest BCUT2D eigenvalue weighted by Crippen LogP contribution is -1.97. The van der Waals surface area contributed by atoms with Gasteiger partial charge in [0.05, 0.1) is 6.61 Å². The maximum absolute atomic E-state index is 6.03. The van der Waals surface area contributed by atoms with E-state index in [4.69, 9.17) is 16.3 Å². The van der Waals surface area contributed by atoms with Crippen LogP contribution in [0.1, 0.15) is 16.7 Å². The Hall–Kier alpha value is -1.51. The molecule has 2 aromatic rings. The minimum Gasteiger partial charge on any atom is -0.380 e. The van der Waals surface area contributed by atoms with Gasteiger partial charge in [-0.3, -0.25) is 0 Å². The number of rotatable bonds is 4. The molecule has 1 aromatic heterocycles. The average Bonchev–Trinajstić information content (AvgIpc) is 2.80. The van der Waals surface area contributed by atoms with Gasteiger partial charge in [0.2, 0.25) is 0 Å². The second-order valence-electron chi connectivity index (χ2n) is 4.27. The van der Waals surface area contributed by atoms with Crippen LogP contribution in [-0.2, 0) is 11.3 Å². The molecule has 0 spiro atoms. The topological polar surface area (TPSA) is 14.2 Å². The smallest absolute Gasteiger partial charge is 0.0727 e. The van der Waals surface area contributed by atoms with E-state index in [0.29, 0.717) is 6.61 Å². The number of hydrogen-bond acceptors (Lipinski definition) is 1. The number of aromatic nitrogens is 1. The highest BCUT2D eigenvalue weighted by Gasteiger charge is 2.06. The summed E-state index contributed by atoms with van der Waals surface area (Å²) in [7, 11) is 1.69. The summed E-state index contributed by atoms with van der Waals surface area (Å²) in [5.74, 6) is 0. The molecule has 0 fully saturated rings. The number of methoxy groups -OCH3 is 1. The molecule has 18 heavy (non-hydrogen) atoms. The second-order valence-corrected chi connectivity index (χ2v) is 4.70. The maximum atomic E-state index is 6.03. The number of nitrogens with zero attached hydrogens (tertiary/aromatic N) is 1. The molecule has 0 amide bonds. The number of benzene rings is 1. The van der Waals surface area contributed by atoms with Crippen LogP contribution in [0.3, 0.4) is 0 Å². The van der Waals surface area contributed by atoms with Crippen LogP contribution in [0.15, 0.2) is 43.2 Å². The Labute approximate surface area is 112 Å². The molecule has 0 radical (unpaired) electrons. The predicted molar refractivity (Wildman–Crippen MR) is 75.8 cm³/mol. The molecule has 1 heterocycles. The quantitative estimate of drug-likeness (QED) is 0.808. The van der Waals surface area contributed by atoms with Crippen LogP contribution < -0.4 is 0 Å². The summed E-state index contributed by atoms with van der Waals surface area (Å²) in [5.41, 5.74) is 4.25. The van der Waals surface area contributed by atoms with E-state index in [2.05, 4.69) is 13.5 Å². The molecule has 0 saturated heterocycles. The Kier molecular flexibility index (Phi) is 3.90. The largest absolute Gasteiger partial charge is 0.380 e. The first kappa shape index (κ1) is 12.9. The fourth-order valence-corrected chi connectivity index (χ4v) is 2.08. The van der Waals surface area contributed by atoms with Gasteiger partial charge in [0.1, 0.15) is 0 Å². The third-order valence-electron chi connectivity index (χ3n) is 2.89. The number of aryl methyl sites for hydroxylation is 1. The van der Waals surface area contributed by atoms with E-state index >= 15 is 0 Å². The van der Waals surface area contributed by atoms with Gasteiger partial charge in [-0.1, -0.05) is 24.2 Å². The van der Waals surface area contributed by atoms with Gasteiger partial charge in [0.25, 0.3) is 0 Å². The van der Waals surface area contributed by atoms with Gasteiger partial charge in [-0.15, -0.1) is 0 Å². The van der Waals surface area contributed by atoms with Gasteiger partial charge in [-0.2, -0.15) is 0 Å². The number of hydrogen-bond donors (Lipinski definition) is 0. The van der Waals surface area contributed by atoms with Crippen LogP contribution in [0.2, 0.25) is 5.02 Å². The molecule has 1 aromatic carbocycles. The fourth-order valence-electron chi connectivity index (χ4n) is 1.90. The third-order valence-corrected chi connectivity index (χ3v) is 3.12. The van der Waals surface area contributed by atoms with Gasteiger partial charge < -0.3 is 9.30 Å². The molecule has 0 bridgehead atoms. The highest BCUT2D eigenvalue weighted by Crippen LogP contribution is 2.23. The summed E-state index contributed by atoms with van der Waals surface area (Å²) < 4.78 is 7.10. The van der Waals surface area contributed by atoms with Crippen LogP contribution in [-0.4, -0.2) is 11.7 Å². The first-order valence-corrected chi connectivity index (χ1v) is 6.11. The summed E-state index contributed by atoms with van der Waals surface area (Å²) in [6, 6.07) is 7.85. The molecule has 0 atom stereocenters. The van der Waals surface area contributed by atoms with Crippen molar-refractivity contribution in [2.45, 2.75) is 13.5 Å². The summed E-state index contributed by atoms with van der Waals surface area (Å²) in [6.07, 6.45) is 4.00. The van der Waals surface area contributed by atoms with Crippen molar-refractivity contribution in [3.8, 4) is 0 Å². The summed E-state index contributed by atoms with van der Waals surface area (Å²) in [5, 5.41) is 0.723. The van der Waals surface area contributed by atoms with Gasteiger partial charge in [0.15, 0.2) is 0 Å². The van der Waals surface area contributed by atoms with Crippen molar-refractivity contribution in [3.05, 3.63) is 65.0 Å². The highest BCUT2D eigenvalue weighted by atomic mass is 35.5. The lowest BCUT2D eigenvalue weighted by Gasteiger charge is -2.11. The molecule has 0 aliphatic carbocycles. The van der Waals surface area contributed by atoms with Crippen molar-refractivity contribution in [3.63, 3.8) is 0 Å². The molecule has 2 nitrogen and oxygen atoms in total. The third kappa shape index (κ3) is 2.66. The highest BCUT2D eigenvalue weighted by molar-refractivity contribution is 6.30. The number of halogens is 1. The monoisotopic (exact) mass is 261 g/mol. The Morgan fingerprint density at radius 2 is 2.17 bits per heavy atom. The van der Waals surface area contributed by atoms with Gasteiger partial charge in [-0.25, -0.2) is 0 Å². The maximum Gasteiger partial charge on any atom is 0.0727 e. The second kappa shape index (κ2) is 5.42. The normalized spacial score (nSPS) is 10.6. The van der Waals surface area contributed by atoms with Gasteiger partial charge in [-0.05, 0) is 36.2 Å². The zero-order valence-electron chi connectivity index (χ0n) is 10.6. The van der Waals surface area contributed by atoms with E-state index < -0.39 is 0 Å². The van der Waals surface area contributed by atoms with E-state index in [0.717, 1.165) is 27.4 Å². The molecule has 94 valence electrons. The lowest BCUT2D eigenvalue weighted by atomic mass is 10.1. The van der Waals surface area contributed by atoms with Crippen LogP contribution in [0.25, 0.3) is 5.70 Å². The van der Waals surface area contributed by atoms with Crippen molar-refractivity contribution in [2.75, 3.05) is 7.11 Å². The Morgan fingerprint density at radius 3 is 2.89 bits per heavy atom. The summed E-state index contributed by atoms with van der Waals surface area (Å²) >= 11 is 6.03. The predicted octanol–water partition coefficient (Wildman–Crippen LogP) is 4.12. The molecule has 2 rings (SSSR count). The van der Waals surface area contributed by atoms with Crippen molar-refractivity contribution in [1.82, 2.24) is 4.57 Å². The molecule has 0 saturated carbocycles. The van der Waals surface area contributed by atoms with E-state index in [1.54, 1.807) is 7.11 Å². The zero-order valence-corrected chi connectivity index (χ0v) is 11.4. The standard InChI is InChI=1S/C15H16ClNO/c1-11-4-5-14(16)8-15(11)12(2)17-7-6-13(9-17)10-18-3/h4-9H,2,10H2,1,3H3. The van der Waals surface area contributed by atoms with Crippen molar-refractivity contribution < 1.29 is 4.74 Å². The Balaban J connectivity index is 2.32. The van der Waals surface area contributed by atoms with Crippen LogP contribution in [0, 0.1) is 6.92 Å². The summed E-state index contributed by atoms with van der Waals surface area (Å²) in [4.78, 5) is 0. The molecular formula is C15H16ClNO. The van der Waals surface area contributed by atoms with E-state index in [9.17, 15) is 0 Å². The molecule has 0 N–H and O–H groups in total. The van der Waals surface area contributed by atoms with E-state index in [1.807, 2.05) is 41.2 Å². The van der Waals surface area contributed by atoms with Crippen molar-refractivity contribution in [2.24, 2.45) is 0 Å². The van der Waals surface area contributed by atoms with Gasteiger partial charge in [0, 0.05) is 35.8 Å². The average molecular weight is 262 g/mol. The molecular weight excluding hydrogens is 246 g/mol. The molecule has 3 heteroatoms. The van der Waals surface area contributed by atoms with E-state index in [-0.39, 0.29) is 0 Å². The molecule has 0 unspecified atom stereocenters. The first-order chi connectivity index (χ1) is 8.61. The minimum atomic E-state index is 0.606. The van der Waals surface area contributed by atoms with E-state index in [1.165, 1.54) is 0 Å². The molecule has 0 aliphatic rings. The fraction of sp³-hybridized carbons (Fsp3) is 0.200. The lowest BCUT2D eigenvalue weighted by molar-refractivity contribution is 0.185. The van der Waals surface area contributed by atoms with Crippen LogP contribution in [0.5, 0.6) is 0 Å². The number of ether oxygens (including phenoxy) is 1. The summed E-state index contributed by atoms with van der Waals surface area (Å²) in [6.45, 7) is 6.79. The minimum absolute atomic E-state index is 0.606. The Morgan fingerprint density at radius 1 is 1.39 bits per heavy atom. The van der Waals surface area contributed by atoms with Crippen LogP contribution in [0.4, 0.5) is 0 Å².